The van der Waals surface area contributed by atoms with Crippen LogP contribution in [0.5, 0.6) is 0 Å². The van der Waals surface area contributed by atoms with Crippen LogP contribution in [0, 0.1) is 0 Å². The van der Waals surface area contributed by atoms with E-state index in [0.29, 0.717) is 16.9 Å². The molecule has 84 valence electrons. The van der Waals surface area contributed by atoms with Crippen LogP contribution in [-0.4, -0.2) is 15.4 Å². The average Bonchev–Trinajstić information content (AvgIpc) is 2.20. The van der Waals surface area contributed by atoms with Gasteiger partial charge in [-0.15, -0.1) is 11.6 Å². The number of hydrogen-bond donors (Lipinski definition) is 1. The second kappa shape index (κ2) is 6.12. The molecule has 1 heterocycles. The minimum Gasteiger partial charge on any atom is -0.299 e. The van der Waals surface area contributed by atoms with Gasteiger partial charge in [-0.2, -0.15) is 0 Å². The van der Waals surface area contributed by atoms with Gasteiger partial charge in [0.1, 0.15) is 0 Å². The molecule has 0 bridgehead atoms. The highest BCUT2D eigenvalue weighted by atomic mass is 79.9. The van der Waals surface area contributed by atoms with E-state index in [2.05, 4.69) is 20.9 Å². The Balaban J connectivity index is 2.66. The van der Waals surface area contributed by atoms with Crippen LogP contribution in [0.2, 0.25) is 0 Å². The predicted octanol–water partition coefficient (Wildman–Crippen LogP) is 1.71. The van der Waals surface area contributed by atoms with Crippen LogP contribution in [-0.2, 0) is 6.54 Å². The molecule has 1 aromatic heterocycles. The summed E-state index contributed by atoms with van der Waals surface area (Å²) in [5, 5.41) is 0. The molecule has 1 aromatic rings. The van der Waals surface area contributed by atoms with E-state index in [0.717, 1.165) is 19.3 Å². The minimum atomic E-state index is -0.392. The molecule has 1 N–H and O–H groups in total. The van der Waals surface area contributed by atoms with Crippen LogP contribution in [0.3, 0.4) is 0 Å². The van der Waals surface area contributed by atoms with E-state index in [1.807, 2.05) is 0 Å². The summed E-state index contributed by atoms with van der Waals surface area (Å²) < 4.78 is 1.86. The van der Waals surface area contributed by atoms with Crippen molar-refractivity contribution < 1.29 is 0 Å². The summed E-state index contributed by atoms with van der Waals surface area (Å²) in [7, 11) is 0. The maximum atomic E-state index is 11.3. The second-order valence-electron chi connectivity index (χ2n) is 3.18. The van der Waals surface area contributed by atoms with Crippen LogP contribution in [0.15, 0.2) is 20.3 Å². The lowest BCUT2D eigenvalue weighted by atomic mass is 10.2. The lowest BCUT2D eigenvalue weighted by Crippen LogP contribution is -2.29. The van der Waals surface area contributed by atoms with E-state index < -0.39 is 5.56 Å². The third-order valence-corrected chi connectivity index (χ3v) is 2.83. The largest absolute Gasteiger partial charge is 0.328 e. The zero-order valence-electron chi connectivity index (χ0n) is 8.13. The van der Waals surface area contributed by atoms with Crippen LogP contribution >= 0.6 is 27.5 Å². The summed E-state index contributed by atoms with van der Waals surface area (Å²) in [5.74, 6) is 0.643. The zero-order valence-corrected chi connectivity index (χ0v) is 10.5. The van der Waals surface area contributed by atoms with Crippen molar-refractivity contribution in [2.45, 2.75) is 25.8 Å². The number of aryl methyl sites for hydroxylation is 1. The van der Waals surface area contributed by atoms with Gasteiger partial charge in [0.2, 0.25) is 0 Å². The first-order valence-electron chi connectivity index (χ1n) is 4.70. The van der Waals surface area contributed by atoms with Crippen molar-refractivity contribution in [1.29, 1.82) is 0 Å². The molecule has 0 radical (unpaired) electrons. The Bertz CT molecular complexity index is 427. The number of aromatic nitrogens is 2. The molecule has 0 saturated heterocycles. The predicted molar refractivity (Wildman–Crippen MR) is 63.6 cm³/mol. The Morgan fingerprint density at radius 2 is 2.07 bits per heavy atom. The third-order valence-electron chi connectivity index (χ3n) is 2.00. The molecule has 0 atom stereocenters. The van der Waals surface area contributed by atoms with Gasteiger partial charge in [-0.1, -0.05) is 6.42 Å². The van der Waals surface area contributed by atoms with Crippen LogP contribution in [0.25, 0.3) is 0 Å². The van der Waals surface area contributed by atoms with Crippen molar-refractivity contribution in [3.63, 3.8) is 0 Å². The Hall–Kier alpha value is -0.550. The first kappa shape index (κ1) is 12.5. The van der Waals surface area contributed by atoms with Crippen molar-refractivity contribution in [3.8, 4) is 0 Å². The molecular formula is C9H12BrClN2O2. The van der Waals surface area contributed by atoms with E-state index in [1.54, 1.807) is 0 Å². The quantitative estimate of drug-likeness (QED) is 0.664. The molecule has 0 saturated carbocycles. The molecule has 4 nitrogen and oxygen atoms in total. The van der Waals surface area contributed by atoms with Gasteiger partial charge in [0.05, 0.1) is 4.47 Å². The molecule has 0 aliphatic heterocycles. The van der Waals surface area contributed by atoms with Crippen molar-refractivity contribution in [3.05, 3.63) is 31.5 Å². The lowest BCUT2D eigenvalue weighted by molar-refractivity contribution is 0.574. The van der Waals surface area contributed by atoms with Gasteiger partial charge in [-0.3, -0.25) is 14.3 Å². The summed E-state index contributed by atoms with van der Waals surface area (Å²) in [5.41, 5.74) is -0.758. The minimum absolute atomic E-state index is 0.367. The Labute approximate surface area is 100 Å². The molecule has 1 rings (SSSR count). The van der Waals surface area contributed by atoms with Gasteiger partial charge in [0.15, 0.2) is 0 Å². The standard InChI is InChI=1S/C9H12BrClN2O2/c10-7-6-13(5-3-1-2-4-11)9(15)12-8(7)14/h6H,1-5H2,(H,12,14,15). The van der Waals surface area contributed by atoms with Gasteiger partial charge in [0, 0.05) is 18.6 Å². The molecule has 0 aliphatic carbocycles. The van der Waals surface area contributed by atoms with Crippen molar-refractivity contribution in [1.82, 2.24) is 9.55 Å². The van der Waals surface area contributed by atoms with Gasteiger partial charge < -0.3 is 0 Å². The molecule has 0 unspecified atom stereocenters. The van der Waals surface area contributed by atoms with Gasteiger partial charge in [-0.25, -0.2) is 4.79 Å². The average molecular weight is 296 g/mol. The van der Waals surface area contributed by atoms with Crippen LogP contribution < -0.4 is 11.2 Å². The smallest absolute Gasteiger partial charge is 0.299 e. The maximum absolute atomic E-state index is 11.3. The Kier molecular flexibility index (Phi) is 5.11. The highest BCUT2D eigenvalue weighted by Crippen LogP contribution is 2.01. The van der Waals surface area contributed by atoms with Gasteiger partial charge >= 0.3 is 5.69 Å². The SMILES string of the molecule is O=c1[nH]c(=O)n(CCCCCCl)cc1Br. The summed E-state index contributed by atoms with van der Waals surface area (Å²) in [6.45, 7) is 0.602. The molecule has 0 fully saturated rings. The molecule has 0 amide bonds. The zero-order chi connectivity index (χ0) is 11.3. The monoisotopic (exact) mass is 294 g/mol. The maximum Gasteiger partial charge on any atom is 0.328 e. The number of halogens is 2. The summed E-state index contributed by atoms with van der Waals surface area (Å²) >= 11 is 8.62. The molecule has 6 heteroatoms. The number of aromatic amines is 1. The van der Waals surface area contributed by atoms with Gasteiger partial charge in [0.25, 0.3) is 5.56 Å². The fourth-order valence-corrected chi connectivity index (χ4v) is 1.74. The number of hydrogen-bond acceptors (Lipinski definition) is 2. The number of alkyl halides is 1. The Morgan fingerprint density at radius 3 is 2.73 bits per heavy atom. The van der Waals surface area contributed by atoms with Crippen LogP contribution in [0.4, 0.5) is 0 Å². The fourth-order valence-electron chi connectivity index (χ4n) is 1.20. The van der Waals surface area contributed by atoms with Crippen molar-refractivity contribution >= 4 is 27.5 Å². The Morgan fingerprint density at radius 1 is 1.33 bits per heavy atom. The van der Waals surface area contributed by atoms with Gasteiger partial charge in [-0.05, 0) is 28.8 Å². The number of nitrogens with zero attached hydrogens (tertiary/aromatic N) is 1. The molecule has 15 heavy (non-hydrogen) atoms. The molecule has 0 aliphatic rings. The lowest BCUT2D eigenvalue weighted by Gasteiger charge is -2.04. The van der Waals surface area contributed by atoms with E-state index in [-0.39, 0.29) is 5.69 Å². The highest BCUT2D eigenvalue weighted by Gasteiger charge is 2.01. The molecule has 0 spiro atoms. The van der Waals surface area contributed by atoms with E-state index in [1.165, 1.54) is 10.8 Å². The molecular weight excluding hydrogens is 283 g/mol. The normalized spacial score (nSPS) is 10.5. The topological polar surface area (TPSA) is 54.9 Å². The van der Waals surface area contributed by atoms with Crippen molar-refractivity contribution in [2.24, 2.45) is 0 Å². The fraction of sp³-hybridized carbons (Fsp3) is 0.556. The van der Waals surface area contributed by atoms with E-state index >= 15 is 0 Å². The number of rotatable bonds is 5. The summed E-state index contributed by atoms with van der Waals surface area (Å²) in [6.07, 6.45) is 4.32. The number of nitrogens with one attached hydrogen (secondary N) is 1. The second-order valence-corrected chi connectivity index (χ2v) is 4.41. The first-order chi connectivity index (χ1) is 7.15. The summed E-state index contributed by atoms with van der Waals surface area (Å²) in [4.78, 5) is 24.6. The number of unbranched alkanes of at least 4 members (excludes halogenated alkanes) is 2. The third kappa shape index (κ3) is 3.83. The summed E-state index contributed by atoms with van der Waals surface area (Å²) in [6, 6.07) is 0. The van der Waals surface area contributed by atoms with Crippen LogP contribution in [0.1, 0.15) is 19.3 Å². The molecule has 0 aromatic carbocycles. The van der Waals surface area contributed by atoms with E-state index in [4.69, 9.17) is 11.6 Å². The number of H-pyrrole nitrogens is 1. The highest BCUT2D eigenvalue weighted by molar-refractivity contribution is 9.10. The van der Waals surface area contributed by atoms with Crippen molar-refractivity contribution in [2.75, 3.05) is 5.88 Å². The first-order valence-corrected chi connectivity index (χ1v) is 6.03. The van der Waals surface area contributed by atoms with E-state index in [9.17, 15) is 9.59 Å².